The number of rotatable bonds is 4. The van der Waals surface area contributed by atoms with Gasteiger partial charge in [-0.3, -0.25) is 0 Å². The smallest absolute Gasteiger partial charge is 0.128 e. The first-order valence-electron chi connectivity index (χ1n) is 5.19. The molecule has 2 N–H and O–H groups in total. The number of nitrogens with two attached hydrogens (primary N) is 1. The summed E-state index contributed by atoms with van der Waals surface area (Å²) < 4.78 is 0. The van der Waals surface area contributed by atoms with E-state index in [9.17, 15) is 0 Å². The molecular formula is C12H15N3S. The summed E-state index contributed by atoms with van der Waals surface area (Å²) in [5, 5.41) is 2.09. The molecule has 0 saturated carbocycles. The zero-order chi connectivity index (χ0) is 11.4. The van der Waals surface area contributed by atoms with Crippen LogP contribution in [-0.4, -0.2) is 12.0 Å². The summed E-state index contributed by atoms with van der Waals surface area (Å²) in [6.45, 7) is 1.37. The Hall–Kier alpha value is -1.39. The molecule has 0 atom stereocenters. The van der Waals surface area contributed by atoms with Gasteiger partial charge < -0.3 is 10.6 Å². The van der Waals surface area contributed by atoms with Crippen LogP contribution in [0.2, 0.25) is 0 Å². The molecule has 2 heterocycles. The molecule has 0 amide bonds. The van der Waals surface area contributed by atoms with Gasteiger partial charge in [0.25, 0.3) is 0 Å². The molecule has 0 aliphatic rings. The van der Waals surface area contributed by atoms with Gasteiger partial charge in [-0.25, -0.2) is 4.98 Å². The van der Waals surface area contributed by atoms with E-state index in [-0.39, 0.29) is 0 Å². The van der Waals surface area contributed by atoms with Crippen molar-refractivity contribution in [2.24, 2.45) is 5.73 Å². The highest BCUT2D eigenvalue weighted by Crippen LogP contribution is 2.16. The van der Waals surface area contributed by atoms with Gasteiger partial charge in [-0.05, 0) is 23.6 Å². The second kappa shape index (κ2) is 5.09. The third-order valence-corrected chi connectivity index (χ3v) is 3.23. The molecule has 2 aromatic heterocycles. The summed E-state index contributed by atoms with van der Waals surface area (Å²) in [5.41, 5.74) is 6.50. The lowest BCUT2D eigenvalue weighted by atomic mass is 10.3. The fourth-order valence-electron chi connectivity index (χ4n) is 1.51. The normalized spacial score (nSPS) is 10.4. The van der Waals surface area contributed by atoms with E-state index in [0.717, 1.165) is 18.1 Å². The van der Waals surface area contributed by atoms with E-state index in [0.29, 0.717) is 6.54 Å². The Bertz CT molecular complexity index is 439. The molecule has 0 fully saturated rings. The lowest BCUT2D eigenvalue weighted by molar-refractivity contribution is 0.889. The third kappa shape index (κ3) is 2.59. The van der Waals surface area contributed by atoms with Gasteiger partial charge in [0, 0.05) is 18.5 Å². The van der Waals surface area contributed by atoms with E-state index in [4.69, 9.17) is 5.73 Å². The molecule has 0 radical (unpaired) electrons. The van der Waals surface area contributed by atoms with Gasteiger partial charge in [0.1, 0.15) is 5.82 Å². The van der Waals surface area contributed by atoms with E-state index in [1.165, 1.54) is 4.88 Å². The average Bonchev–Trinajstić information content (AvgIpc) is 2.82. The van der Waals surface area contributed by atoms with Gasteiger partial charge in [0.15, 0.2) is 0 Å². The van der Waals surface area contributed by atoms with Crippen LogP contribution in [0, 0.1) is 0 Å². The van der Waals surface area contributed by atoms with Crippen LogP contribution in [-0.2, 0) is 13.1 Å². The molecule has 84 valence electrons. The number of anilines is 1. The molecule has 0 bridgehead atoms. The molecule has 4 heteroatoms. The van der Waals surface area contributed by atoms with Crippen LogP contribution in [0.4, 0.5) is 5.82 Å². The highest BCUT2D eigenvalue weighted by molar-refractivity contribution is 7.09. The Morgan fingerprint density at radius 3 is 2.88 bits per heavy atom. The van der Waals surface area contributed by atoms with E-state index < -0.39 is 0 Å². The maximum atomic E-state index is 5.58. The number of hydrogen-bond acceptors (Lipinski definition) is 4. The first-order chi connectivity index (χ1) is 7.79. The molecule has 0 saturated heterocycles. The van der Waals surface area contributed by atoms with Crippen molar-refractivity contribution in [3.05, 3.63) is 46.3 Å². The largest absolute Gasteiger partial charge is 0.355 e. The van der Waals surface area contributed by atoms with Gasteiger partial charge in [-0.2, -0.15) is 0 Å². The first-order valence-corrected chi connectivity index (χ1v) is 6.07. The number of hydrogen-bond donors (Lipinski definition) is 1. The lowest BCUT2D eigenvalue weighted by Gasteiger charge is -2.17. The summed E-state index contributed by atoms with van der Waals surface area (Å²) >= 11 is 1.76. The molecule has 0 aliphatic carbocycles. The first kappa shape index (κ1) is 11.1. The maximum Gasteiger partial charge on any atom is 0.128 e. The Labute approximate surface area is 99.5 Å². The Balaban J connectivity index is 2.11. The standard InChI is InChI=1S/C12H15N3S/c1-15(9-11-5-3-7-16-11)12-6-2-4-10(8-13)14-12/h2-7H,8-9,13H2,1H3. The monoisotopic (exact) mass is 233 g/mol. The van der Waals surface area contributed by atoms with Crippen LogP contribution in [0.5, 0.6) is 0 Å². The zero-order valence-corrected chi connectivity index (χ0v) is 10.1. The van der Waals surface area contributed by atoms with Crippen molar-refractivity contribution in [3.63, 3.8) is 0 Å². The van der Waals surface area contributed by atoms with Crippen LogP contribution in [0.15, 0.2) is 35.7 Å². The lowest BCUT2D eigenvalue weighted by Crippen LogP contribution is -2.17. The predicted octanol–water partition coefficient (Wildman–Crippen LogP) is 2.24. The summed E-state index contributed by atoms with van der Waals surface area (Å²) in [6, 6.07) is 10.1. The fourth-order valence-corrected chi connectivity index (χ4v) is 2.27. The van der Waals surface area contributed by atoms with Crippen molar-refractivity contribution in [1.29, 1.82) is 0 Å². The molecule has 2 aromatic rings. The molecule has 0 unspecified atom stereocenters. The van der Waals surface area contributed by atoms with Crippen molar-refractivity contribution < 1.29 is 0 Å². The van der Waals surface area contributed by atoms with Crippen LogP contribution in [0.3, 0.4) is 0 Å². The summed E-state index contributed by atoms with van der Waals surface area (Å²) in [4.78, 5) is 7.94. The van der Waals surface area contributed by atoms with Gasteiger partial charge in [0.05, 0.1) is 12.2 Å². The molecule has 0 spiro atoms. The molecule has 2 rings (SSSR count). The minimum atomic E-state index is 0.487. The number of thiophene rings is 1. The Morgan fingerprint density at radius 1 is 1.31 bits per heavy atom. The maximum absolute atomic E-state index is 5.58. The van der Waals surface area contributed by atoms with Crippen molar-refractivity contribution >= 4 is 17.2 Å². The van der Waals surface area contributed by atoms with E-state index >= 15 is 0 Å². The molecule has 0 aliphatic heterocycles. The van der Waals surface area contributed by atoms with Crippen molar-refractivity contribution in [3.8, 4) is 0 Å². The third-order valence-electron chi connectivity index (χ3n) is 2.37. The summed E-state index contributed by atoms with van der Waals surface area (Å²) in [7, 11) is 2.04. The number of pyridine rings is 1. The fraction of sp³-hybridized carbons (Fsp3) is 0.250. The minimum Gasteiger partial charge on any atom is -0.355 e. The summed E-state index contributed by atoms with van der Waals surface area (Å²) in [5.74, 6) is 0.969. The molecule has 0 aromatic carbocycles. The number of nitrogens with zero attached hydrogens (tertiary/aromatic N) is 2. The number of aromatic nitrogens is 1. The van der Waals surface area contributed by atoms with Crippen LogP contribution in [0.1, 0.15) is 10.6 Å². The molecular weight excluding hydrogens is 218 g/mol. The molecule has 16 heavy (non-hydrogen) atoms. The van der Waals surface area contributed by atoms with Crippen molar-refractivity contribution in [1.82, 2.24) is 4.98 Å². The van der Waals surface area contributed by atoms with Crippen LogP contribution in [0.25, 0.3) is 0 Å². The topological polar surface area (TPSA) is 42.1 Å². The zero-order valence-electron chi connectivity index (χ0n) is 9.26. The van der Waals surface area contributed by atoms with Gasteiger partial charge in [-0.15, -0.1) is 11.3 Å². The van der Waals surface area contributed by atoms with E-state index in [2.05, 4.69) is 27.4 Å². The van der Waals surface area contributed by atoms with Gasteiger partial charge in [-0.1, -0.05) is 12.1 Å². The van der Waals surface area contributed by atoms with Gasteiger partial charge in [0.2, 0.25) is 0 Å². The molecule has 3 nitrogen and oxygen atoms in total. The van der Waals surface area contributed by atoms with E-state index in [1.807, 2.05) is 25.2 Å². The van der Waals surface area contributed by atoms with Crippen molar-refractivity contribution in [2.75, 3.05) is 11.9 Å². The highest BCUT2D eigenvalue weighted by Gasteiger charge is 2.04. The quantitative estimate of drug-likeness (QED) is 0.880. The van der Waals surface area contributed by atoms with Crippen LogP contribution < -0.4 is 10.6 Å². The SMILES string of the molecule is CN(Cc1cccs1)c1cccc(CN)n1. The Morgan fingerprint density at radius 2 is 2.19 bits per heavy atom. The highest BCUT2D eigenvalue weighted by atomic mass is 32.1. The van der Waals surface area contributed by atoms with Crippen LogP contribution >= 0.6 is 11.3 Å². The summed E-state index contributed by atoms with van der Waals surface area (Å²) in [6.07, 6.45) is 0. The van der Waals surface area contributed by atoms with Gasteiger partial charge >= 0.3 is 0 Å². The van der Waals surface area contributed by atoms with E-state index in [1.54, 1.807) is 11.3 Å². The predicted molar refractivity (Wildman–Crippen MR) is 68.6 cm³/mol. The second-order valence-electron chi connectivity index (χ2n) is 3.63. The average molecular weight is 233 g/mol. The Kier molecular flexibility index (Phi) is 3.54. The van der Waals surface area contributed by atoms with Crippen molar-refractivity contribution in [2.45, 2.75) is 13.1 Å². The minimum absolute atomic E-state index is 0.487. The second-order valence-corrected chi connectivity index (χ2v) is 4.66.